The molecule has 2 N–H and O–H groups in total. The van der Waals surface area contributed by atoms with Crippen molar-refractivity contribution in [3.63, 3.8) is 0 Å². The van der Waals surface area contributed by atoms with Crippen LogP contribution in [0, 0.1) is 0 Å². The van der Waals surface area contributed by atoms with Crippen LogP contribution in [0.25, 0.3) is 0 Å². The molecule has 0 bridgehead atoms. The van der Waals surface area contributed by atoms with Gasteiger partial charge in [-0.2, -0.15) is 0 Å². The summed E-state index contributed by atoms with van der Waals surface area (Å²) in [5.41, 5.74) is 0.0339. The molecule has 1 amide bonds. The maximum absolute atomic E-state index is 11.9. The fraction of sp³-hybridized carbons (Fsp3) is 0.417. The van der Waals surface area contributed by atoms with Crippen molar-refractivity contribution < 1.29 is 23.1 Å². The number of carbonyl (C=O) groups is 1. The highest BCUT2D eigenvalue weighted by atomic mass is 32.2. The molecule has 1 aromatic rings. The number of rotatable bonds is 6. The molecule has 0 radical (unpaired) electrons. The van der Waals surface area contributed by atoms with Gasteiger partial charge in [0.2, 0.25) is 10.0 Å². The molecule has 0 fully saturated rings. The summed E-state index contributed by atoms with van der Waals surface area (Å²) in [6, 6.07) is 4.23. The minimum Gasteiger partial charge on any atom is -0.507 e. The SMILES string of the molecule is COc1ccc(O)c(C(=O)NCCS(=O)(=O)N(C)C)c1. The normalized spacial score (nSPS) is 11.4. The summed E-state index contributed by atoms with van der Waals surface area (Å²) >= 11 is 0. The predicted molar refractivity (Wildman–Crippen MR) is 74.5 cm³/mol. The Hall–Kier alpha value is -1.80. The van der Waals surface area contributed by atoms with Crippen molar-refractivity contribution in [1.29, 1.82) is 0 Å². The Kier molecular flexibility index (Phi) is 5.34. The number of hydrogen-bond acceptors (Lipinski definition) is 5. The minimum atomic E-state index is -3.37. The molecule has 0 saturated carbocycles. The molecular weight excluding hydrogens is 284 g/mol. The minimum absolute atomic E-state index is 0.0339. The molecule has 8 heteroatoms. The Labute approximate surface area is 118 Å². The summed E-state index contributed by atoms with van der Waals surface area (Å²) in [6.45, 7) is -0.0456. The number of nitrogens with zero attached hydrogens (tertiary/aromatic N) is 1. The number of carbonyl (C=O) groups excluding carboxylic acids is 1. The summed E-state index contributed by atoms with van der Waals surface area (Å²) < 4.78 is 29.1. The second-order valence-electron chi connectivity index (χ2n) is 4.24. The molecule has 0 aliphatic carbocycles. The largest absolute Gasteiger partial charge is 0.507 e. The quantitative estimate of drug-likeness (QED) is 0.772. The van der Waals surface area contributed by atoms with Gasteiger partial charge in [0, 0.05) is 20.6 Å². The third-order valence-electron chi connectivity index (χ3n) is 2.65. The molecule has 20 heavy (non-hydrogen) atoms. The van der Waals surface area contributed by atoms with Crippen molar-refractivity contribution in [2.24, 2.45) is 0 Å². The van der Waals surface area contributed by atoms with Gasteiger partial charge in [-0.3, -0.25) is 4.79 Å². The fourth-order valence-electron chi connectivity index (χ4n) is 1.40. The lowest BCUT2D eigenvalue weighted by molar-refractivity contribution is 0.0953. The summed E-state index contributed by atoms with van der Waals surface area (Å²) in [5, 5.41) is 12.0. The molecule has 0 heterocycles. The molecule has 1 aromatic carbocycles. The van der Waals surface area contributed by atoms with Gasteiger partial charge in [0.1, 0.15) is 11.5 Å². The van der Waals surface area contributed by atoms with E-state index in [1.54, 1.807) is 0 Å². The first-order valence-corrected chi connectivity index (χ1v) is 7.44. The van der Waals surface area contributed by atoms with Crippen molar-refractivity contribution in [3.8, 4) is 11.5 Å². The van der Waals surface area contributed by atoms with Crippen LogP contribution < -0.4 is 10.1 Å². The Balaban J connectivity index is 2.69. The van der Waals surface area contributed by atoms with Gasteiger partial charge in [0.15, 0.2) is 0 Å². The first kappa shape index (κ1) is 16.3. The Morgan fingerprint density at radius 1 is 1.40 bits per heavy atom. The van der Waals surface area contributed by atoms with Crippen LogP contribution in [0.3, 0.4) is 0 Å². The first-order chi connectivity index (χ1) is 9.27. The highest BCUT2D eigenvalue weighted by Crippen LogP contribution is 2.22. The maximum atomic E-state index is 11.9. The van der Waals surface area contributed by atoms with Crippen LogP contribution in [0.5, 0.6) is 11.5 Å². The molecule has 1 rings (SSSR count). The standard InChI is InChI=1S/C12H18N2O5S/c1-14(2)20(17,18)7-6-13-12(16)10-8-9(19-3)4-5-11(10)15/h4-5,8,15H,6-7H2,1-3H3,(H,13,16). The number of ether oxygens (including phenoxy) is 1. The van der Waals surface area contributed by atoms with E-state index >= 15 is 0 Å². The van der Waals surface area contributed by atoms with E-state index in [2.05, 4.69) is 5.32 Å². The van der Waals surface area contributed by atoms with Crippen molar-refractivity contribution in [1.82, 2.24) is 9.62 Å². The van der Waals surface area contributed by atoms with Gasteiger partial charge >= 0.3 is 0 Å². The van der Waals surface area contributed by atoms with E-state index in [0.29, 0.717) is 5.75 Å². The molecule has 0 aliphatic heterocycles. The van der Waals surface area contributed by atoms with Crippen LogP contribution in [0.15, 0.2) is 18.2 Å². The van der Waals surface area contributed by atoms with Crippen LogP contribution in [0.2, 0.25) is 0 Å². The monoisotopic (exact) mass is 302 g/mol. The lowest BCUT2D eigenvalue weighted by Gasteiger charge is -2.12. The van der Waals surface area contributed by atoms with Gasteiger partial charge in [-0.1, -0.05) is 0 Å². The molecule has 0 unspecified atom stereocenters. The zero-order chi connectivity index (χ0) is 15.3. The first-order valence-electron chi connectivity index (χ1n) is 5.83. The maximum Gasteiger partial charge on any atom is 0.255 e. The summed E-state index contributed by atoms with van der Waals surface area (Å²) in [4.78, 5) is 11.9. The van der Waals surface area contributed by atoms with Gasteiger partial charge in [0.05, 0.1) is 18.4 Å². The number of aromatic hydroxyl groups is 1. The lowest BCUT2D eigenvalue weighted by atomic mass is 10.2. The van der Waals surface area contributed by atoms with Gasteiger partial charge < -0.3 is 15.2 Å². The molecule has 7 nitrogen and oxygen atoms in total. The number of sulfonamides is 1. The number of phenols is 1. The Morgan fingerprint density at radius 2 is 2.05 bits per heavy atom. The van der Waals surface area contributed by atoms with E-state index in [0.717, 1.165) is 4.31 Å². The number of nitrogens with one attached hydrogen (secondary N) is 1. The third kappa shape index (κ3) is 4.10. The van der Waals surface area contributed by atoms with Crippen LogP contribution in [-0.4, -0.2) is 57.2 Å². The van der Waals surface area contributed by atoms with Crippen molar-refractivity contribution in [3.05, 3.63) is 23.8 Å². The van der Waals surface area contributed by atoms with Crippen LogP contribution in [0.1, 0.15) is 10.4 Å². The van der Waals surface area contributed by atoms with Crippen molar-refractivity contribution in [2.75, 3.05) is 33.5 Å². The van der Waals surface area contributed by atoms with E-state index in [9.17, 15) is 18.3 Å². The summed E-state index contributed by atoms with van der Waals surface area (Å²) in [6.07, 6.45) is 0. The number of hydrogen-bond donors (Lipinski definition) is 2. The third-order valence-corrected chi connectivity index (χ3v) is 4.48. The van der Waals surface area contributed by atoms with E-state index in [4.69, 9.17) is 4.74 Å². The average molecular weight is 302 g/mol. The predicted octanol–water partition coefficient (Wildman–Crippen LogP) is 0.0220. The molecule has 0 spiro atoms. The number of benzene rings is 1. The van der Waals surface area contributed by atoms with Gasteiger partial charge in [-0.25, -0.2) is 12.7 Å². The number of phenolic OH excluding ortho intramolecular Hbond substituents is 1. The van der Waals surface area contributed by atoms with Gasteiger partial charge in [0.25, 0.3) is 5.91 Å². The second-order valence-corrected chi connectivity index (χ2v) is 6.54. The van der Waals surface area contributed by atoms with Crippen molar-refractivity contribution >= 4 is 15.9 Å². The van der Waals surface area contributed by atoms with E-state index in [1.807, 2.05) is 0 Å². The Bertz CT molecular complexity index is 584. The zero-order valence-corrected chi connectivity index (χ0v) is 12.4. The van der Waals surface area contributed by atoms with E-state index in [-0.39, 0.29) is 23.6 Å². The number of amides is 1. The molecule has 0 atom stereocenters. The highest BCUT2D eigenvalue weighted by Gasteiger charge is 2.16. The second kappa shape index (κ2) is 6.58. The van der Waals surface area contributed by atoms with Crippen molar-refractivity contribution in [2.45, 2.75) is 0 Å². The lowest BCUT2D eigenvalue weighted by Crippen LogP contribution is -2.33. The van der Waals surface area contributed by atoms with E-state index in [1.165, 1.54) is 39.4 Å². The van der Waals surface area contributed by atoms with E-state index < -0.39 is 15.9 Å². The van der Waals surface area contributed by atoms with Crippen LogP contribution in [0.4, 0.5) is 0 Å². The zero-order valence-electron chi connectivity index (χ0n) is 11.6. The summed E-state index contributed by atoms with van der Waals surface area (Å²) in [5.74, 6) is -0.542. The molecular formula is C12H18N2O5S. The van der Waals surface area contributed by atoms with Crippen LogP contribution >= 0.6 is 0 Å². The highest BCUT2D eigenvalue weighted by molar-refractivity contribution is 7.89. The van der Waals surface area contributed by atoms with Gasteiger partial charge in [-0.15, -0.1) is 0 Å². The molecule has 0 aliphatic rings. The molecule has 112 valence electrons. The van der Waals surface area contributed by atoms with Crippen LogP contribution in [-0.2, 0) is 10.0 Å². The summed E-state index contributed by atoms with van der Waals surface area (Å²) in [7, 11) is 0.918. The van der Waals surface area contributed by atoms with Gasteiger partial charge in [-0.05, 0) is 18.2 Å². The fourth-order valence-corrected chi connectivity index (χ4v) is 2.12. The molecule has 0 aromatic heterocycles. The smallest absolute Gasteiger partial charge is 0.255 e. The average Bonchev–Trinajstić information content (AvgIpc) is 2.38. The topological polar surface area (TPSA) is 95.9 Å². The Morgan fingerprint density at radius 3 is 2.60 bits per heavy atom. The number of methoxy groups -OCH3 is 1. The molecule has 0 saturated heterocycles.